The number of hydrogen-bond acceptors (Lipinski definition) is 5. The van der Waals surface area contributed by atoms with Gasteiger partial charge in [0.1, 0.15) is 5.82 Å². The fourth-order valence-electron chi connectivity index (χ4n) is 1.32. The minimum absolute atomic E-state index is 0.154. The van der Waals surface area contributed by atoms with E-state index in [1.165, 1.54) is 0 Å². The van der Waals surface area contributed by atoms with E-state index in [0.717, 1.165) is 21.5 Å². The van der Waals surface area contributed by atoms with Crippen molar-refractivity contribution in [1.29, 1.82) is 0 Å². The molecule has 16 heavy (non-hydrogen) atoms. The average Bonchev–Trinajstić information content (AvgIpc) is 2.61. The van der Waals surface area contributed by atoms with Crippen molar-refractivity contribution in [2.75, 3.05) is 11.9 Å². The van der Waals surface area contributed by atoms with Gasteiger partial charge in [-0.3, -0.25) is 0 Å². The molecule has 2 aromatic rings. The number of nitrogens with one attached hydrogen (secondary N) is 1. The second-order valence-electron chi connectivity index (χ2n) is 3.27. The molecule has 0 saturated heterocycles. The Bertz CT molecular complexity index is 456. The van der Waals surface area contributed by atoms with Crippen LogP contribution in [0.1, 0.15) is 10.6 Å². The van der Waals surface area contributed by atoms with E-state index in [1.807, 2.05) is 13.0 Å². The van der Waals surface area contributed by atoms with Crippen LogP contribution in [0.5, 0.6) is 0 Å². The predicted molar refractivity (Wildman–Crippen MR) is 64.0 cm³/mol. The fraction of sp³-hybridized carbons (Fsp3) is 0.273. The van der Waals surface area contributed by atoms with Crippen molar-refractivity contribution in [2.24, 2.45) is 0 Å². The molecule has 1 radical (unpaired) electrons. The third-order valence-corrected chi connectivity index (χ3v) is 3.21. The quantitative estimate of drug-likeness (QED) is 0.848. The Balaban J connectivity index is 2.13. The lowest BCUT2D eigenvalue weighted by molar-refractivity contribution is 0.300. The molecule has 0 bridgehead atoms. The molecule has 0 aliphatic rings. The maximum atomic E-state index is 8.89. The molecule has 0 amide bonds. The molecule has 2 N–H and O–H groups in total. The van der Waals surface area contributed by atoms with Crippen molar-refractivity contribution < 1.29 is 5.11 Å². The Labute approximate surface area is 98.0 Å². The van der Waals surface area contributed by atoms with Gasteiger partial charge in [0.05, 0.1) is 5.69 Å². The first-order chi connectivity index (χ1) is 7.79. The van der Waals surface area contributed by atoms with E-state index >= 15 is 0 Å². The van der Waals surface area contributed by atoms with E-state index in [1.54, 1.807) is 23.6 Å². The van der Waals surface area contributed by atoms with Crippen LogP contribution in [0.3, 0.4) is 0 Å². The number of nitrogens with zero attached hydrogens (tertiary/aromatic N) is 2. The Morgan fingerprint density at radius 3 is 3.12 bits per heavy atom. The molecule has 2 rings (SSSR count). The molecule has 0 unspecified atom stereocenters. The van der Waals surface area contributed by atoms with Gasteiger partial charge in [0.15, 0.2) is 5.13 Å². The van der Waals surface area contributed by atoms with E-state index in [4.69, 9.17) is 5.11 Å². The van der Waals surface area contributed by atoms with Gasteiger partial charge in [0.25, 0.3) is 0 Å². The van der Waals surface area contributed by atoms with Crippen LogP contribution in [0, 0.1) is 13.0 Å². The Hall–Kier alpha value is -1.46. The number of aliphatic hydroxyl groups is 1. The maximum absolute atomic E-state index is 8.89. The summed E-state index contributed by atoms with van der Waals surface area (Å²) in [6.45, 7) is 2.10. The van der Waals surface area contributed by atoms with Crippen LogP contribution < -0.4 is 5.32 Å². The summed E-state index contributed by atoms with van der Waals surface area (Å²) in [4.78, 5) is 9.58. The summed E-state index contributed by atoms with van der Waals surface area (Å²) in [7, 11) is 0. The number of anilines is 2. The first-order valence-corrected chi connectivity index (χ1v) is 5.77. The van der Waals surface area contributed by atoms with E-state index in [-0.39, 0.29) is 6.61 Å². The van der Waals surface area contributed by atoms with E-state index in [2.05, 4.69) is 21.4 Å². The normalized spacial score (nSPS) is 10.4. The van der Waals surface area contributed by atoms with Crippen LogP contribution in [-0.2, 0) is 6.42 Å². The summed E-state index contributed by atoms with van der Waals surface area (Å²) >= 11 is 1.55. The largest absolute Gasteiger partial charge is 0.396 e. The molecule has 2 aromatic heterocycles. The third kappa shape index (κ3) is 2.56. The molecular formula is C11H12N3OS. The first kappa shape index (κ1) is 11.0. The molecule has 0 aliphatic heterocycles. The van der Waals surface area contributed by atoms with Crippen LogP contribution in [-0.4, -0.2) is 21.7 Å². The highest BCUT2D eigenvalue weighted by atomic mass is 32.1. The number of aryl methyl sites for hydroxylation is 1. The molecule has 2 heterocycles. The summed E-state index contributed by atoms with van der Waals surface area (Å²) < 4.78 is 0. The molecule has 0 aliphatic carbocycles. The maximum Gasteiger partial charge on any atom is 0.188 e. The van der Waals surface area contributed by atoms with Crippen LogP contribution in [0.4, 0.5) is 10.9 Å². The van der Waals surface area contributed by atoms with Gasteiger partial charge < -0.3 is 10.4 Å². The SMILES string of the molecule is Cc1nc(Nc2cc[c]cn2)sc1CCO. The van der Waals surface area contributed by atoms with Gasteiger partial charge in [-0.15, -0.1) is 11.3 Å². The van der Waals surface area contributed by atoms with Crippen LogP contribution in [0.2, 0.25) is 0 Å². The fourth-order valence-corrected chi connectivity index (χ4v) is 2.28. The van der Waals surface area contributed by atoms with Gasteiger partial charge >= 0.3 is 0 Å². The molecule has 0 spiro atoms. The Kier molecular flexibility index (Phi) is 3.48. The lowest BCUT2D eigenvalue weighted by Crippen LogP contribution is -1.91. The Morgan fingerprint density at radius 1 is 1.56 bits per heavy atom. The number of aromatic nitrogens is 2. The van der Waals surface area contributed by atoms with Gasteiger partial charge in [-0.05, 0) is 19.1 Å². The highest BCUT2D eigenvalue weighted by molar-refractivity contribution is 7.15. The summed E-state index contributed by atoms with van der Waals surface area (Å²) in [6, 6.07) is 6.49. The molecule has 83 valence electrons. The standard InChI is InChI=1S/C11H12N3OS/c1-8-9(5-7-15)16-11(13-8)14-10-4-2-3-6-12-10/h2,4,6,15H,5,7H2,1H3,(H,12,13,14). The lowest BCUT2D eigenvalue weighted by Gasteiger charge is -1.98. The van der Waals surface area contributed by atoms with Crippen LogP contribution >= 0.6 is 11.3 Å². The Morgan fingerprint density at radius 2 is 2.44 bits per heavy atom. The molecule has 0 atom stereocenters. The second kappa shape index (κ2) is 5.05. The third-order valence-electron chi connectivity index (χ3n) is 2.08. The van der Waals surface area contributed by atoms with E-state index in [0.29, 0.717) is 6.42 Å². The van der Waals surface area contributed by atoms with Crippen molar-refractivity contribution >= 4 is 22.3 Å². The number of hydrogen-bond donors (Lipinski definition) is 2. The van der Waals surface area contributed by atoms with Crippen molar-refractivity contribution in [2.45, 2.75) is 13.3 Å². The molecule has 4 nitrogen and oxygen atoms in total. The summed E-state index contributed by atoms with van der Waals surface area (Å²) in [5.41, 5.74) is 0.962. The summed E-state index contributed by atoms with van der Waals surface area (Å²) in [6.07, 6.45) is 2.26. The van der Waals surface area contributed by atoms with Crippen molar-refractivity contribution in [3.8, 4) is 0 Å². The zero-order valence-corrected chi connectivity index (χ0v) is 9.71. The van der Waals surface area contributed by atoms with Gasteiger partial charge in [-0.25, -0.2) is 9.97 Å². The smallest absolute Gasteiger partial charge is 0.188 e. The van der Waals surface area contributed by atoms with E-state index < -0.39 is 0 Å². The summed E-state index contributed by atoms with van der Waals surface area (Å²) in [5, 5.41) is 12.8. The number of thiazole rings is 1. The molecule has 5 heteroatoms. The molecular weight excluding hydrogens is 222 g/mol. The van der Waals surface area contributed by atoms with E-state index in [9.17, 15) is 0 Å². The topological polar surface area (TPSA) is 58.0 Å². The van der Waals surface area contributed by atoms with Crippen LogP contribution in [0.25, 0.3) is 0 Å². The molecule has 0 fully saturated rings. The highest BCUT2D eigenvalue weighted by Crippen LogP contribution is 2.24. The predicted octanol–water partition coefficient (Wildman–Crippen LogP) is 1.93. The number of rotatable bonds is 4. The van der Waals surface area contributed by atoms with Crippen LogP contribution in [0.15, 0.2) is 18.3 Å². The highest BCUT2D eigenvalue weighted by Gasteiger charge is 2.07. The van der Waals surface area contributed by atoms with Gasteiger partial charge in [0.2, 0.25) is 0 Å². The molecule has 0 aromatic carbocycles. The van der Waals surface area contributed by atoms with Crippen molar-refractivity contribution in [3.05, 3.63) is 35.0 Å². The first-order valence-electron chi connectivity index (χ1n) is 4.96. The van der Waals surface area contributed by atoms with Gasteiger partial charge in [-0.1, -0.05) is 0 Å². The van der Waals surface area contributed by atoms with Gasteiger partial charge in [0, 0.05) is 30.2 Å². The van der Waals surface area contributed by atoms with Crippen molar-refractivity contribution in [1.82, 2.24) is 9.97 Å². The number of aliphatic hydroxyl groups excluding tert-OH is 1. The lowest BCUT2D eigenvalue weighted by atomic mass is 10.3. The monoisotopic (exact) mass is 234 g/mol. The summed E-state index contributed by atoms with van der Waals surface area (Å²) in [5.74, 6) is 0.753. The number of pyridine rings is 1. The minimum atomic E-state index is 0.154. The minimum Gasteiger partial charge on any atom is -0.396 e. The van der Waals surface area contributed by atoms with Crippen molar-refractivity contribution in [3.63, 3.8) is 0 Å². The molecule has 0 saturated carbocycles. The second-order valence-corrected chi connectivity index (χ2v) is 4.35. The zero-order valence-electron chi connectivity index (χ0n) is 8.90. The zero-order chi connectivity index (χ0) is 11.4. The average molecular weight is 234 g/mol. The van der Waals surface area contributed by atoms with Gasteiger partial charge in [-0.2, -0.15) is 0 Å².